The topological polar surface area (TPSA) is 99.2 Å². The molecule has 0 radical (unpaired) electrons. The lowest BCUT2D eigenvalue weighted by Gasteiger charge is -2.38. The molecule has 1 saturated heterocycles. The Hall–Kier alpha value is -2.38. The van der Waals surface area contributed by atoms with E-state index in [1.807, 2.05) is 4.90 Å². The van der Waals surface area contributed by atoms with Crippen molar-refractivity contribution in [2.45, 2.75) is 89.5 Å². The van der Waals surface area contributed by atoms with Crippen molar-refractivity contribution in [3.05, 3.63) is 63.2 Å². The van der Waals surface area contributed by atoms with E-state index < -0.39 is 39.5 Å². The fourth-order valence-corrected chi connectivity index (χ4v) is 6.46. The summed E-state index contributed by atoms with van der Waals surface area (Å²) < 4.78 is 73.4. The van der Waals surface area contributed by atoms with Gasteiger partial charge < -0.3 is 14.7 Å². The van der Waals surface area contributed by atoms with Crippen molar-refractivity contribution in [1.82, 2.24) is 15.1 Å². The van der Waals surface area contributed by atoms with Crippen molar-refractivity contribution < 1.29 is 36.2 Å². The molecule has 1 fully saturated rings. The van der Waals surface area contributed by atoms with E-state index in [0.717, 1.165) is 11.6 Å². The number of nitrogens with one attached hydrogen (secondary N) is 1. The monoisotopic (exact) mass is 647 g/mol. The number of amides is 1. The molecule has 2 atom stereocenters. The van der Waals surface area contributed by atoms with Gasteiger partial charge in [0.15, 0.2) is 9.84 Å². The van der Waals surface area contributed by atoms with E-state index in [1.165, 1.54) is 24.0 Å². The summed E-state index contributed by atoms with van der Waals surface area (Å²) in [6.45, 7) is 9.27. The fourth-order valence-electron chi connectivity index (χ4n) is 5.06. The van der Waals surface area contributed by atoms with Crippen LogP contribution in [0.25, 0.3) is 0 Å². The van der Waals surface area contributed by atoms with E-state index in [2.05, 4.69) is 5.32 Å². The van der Waals surface area contributed by atoms with Gasteiger partial charge in [-0.25, -0.2) is 13.2 Å². The molecular formula is C30H41ClF3N3O5S. The van der Waals surface area contributed by atoms with Crippen LogP contribution in [0.1, 0.15) is 74.6 Å². The van der Waals surface area contributed by atoms with Crippen molar-refractivity contribution in [2.24, 2.45) is 0 Å². The molecule has 43 heavy (non-hydrogen) atoms. The summed E-state index contributed by atoms with van der Waals surface area (Å²) in [5.74, 6) is -0.118. The van der Waals surface area contributed by atoms with Gasteiger partial charge in [-0.2, -0.15) is 13.2 Å². The summed E-state index contributed by atoms with van der Waals surface area (Å²) in [6, 6.07) is 6.72. The van der Waals surface area contributed by atoms with E-state index in [0.29, 0.717) is 31.5 Å². The maximum atomic E-state index is 14.3. The van der Waals surface area contributed by atoms with E-state index in [9.17, 15) is 31.5 Å². The maximum absolute atomic E-state index is 14.3. The first-order valence-corrected chi connectivity index (χ1v) is 16.2. The summed E-state index contributed by atoms with van der Waals surface area (Å²) in [7, 11) is -1.94. The lowest BCUT2D eigenvalue weighted by Crippen LogP contribution is -2.49. The molecule has 0 aromatic heterocycles. The normalized spacial score (nSPS) is 17.5. The van der Waals surface area contributed by atoms with Crippen molar-refractivity contribution >= 4 is 27.5 Å². The molecule has 0 saturated carbocycles. The van der Waals surface area contributed by atoms with Crippen molar-refractivity contribution in [2.75, 3.05) is 25.9 Å². The van der Waals surface area contributed by atoms with Gasteiger partial charge in [-0.15, -0.1) is 0 Å². The Morgan fingerprint density at radius 2 is 1.91 bits per heavy atom. The first-order valence-electron chi connectivity index (χ1n) is 14.1. The van der Waals surface area contributed by atoms with Crippen LogP contribution >= 0.6 is 11.6 Å². The second-order valence-corrected chi connectivity index (χ2v) is 14.6. The van der Waals surface area contributed by atoms with Gasteiger partial charge in [-0.05, 0) is 82.0 Å². The number of hydrogen-bond acceptors (Lipinski definition) is 7. The Labute approximate surface area is 257 Å². The lowest BCUT2D eigenvalue weighted by atomic mass is 9.99. The van der Waals surface area contributed by atoms with Gasteiger partial charge in [-0.3, -0.25) is 10.2 Å². The zero-order valence-electron chi connectivity index (χ0n) is 25.4. The number of aliphatic hydroxyl groups is 1. The lowest BCUT2D eigenvalue weighted by molar-refractivity contribution is -0.138. The number of hydrogen-bond donors (Lipinski definition) is 2. The Balaban J connectivity index is 1.82. The molecule has 2 aromatic rings. The number of aliphatic hydroxyl groups excluding tert-OH is 1. The second-order valence-electron chi connectivity index (χ2n) is 11.9. The van der Waals surface area contributed by atoms with Crippen molar-refractivity contribution in [3.8, 4) is 0 Å². The van der Waals surface area contributed by atoms with Crippen molar-refractivity contribution in [1.29, 1.82) is 0 Å². The SMILES string of the molecule is CCS(=O)(=O)c1ccc(C)cc1CNC(O)c1cc(Cl)c(CN2CCC[C@H](N(C)C(=O)OC(C)(C)C)C2)c(C(F)(F)F)c1. The number of carbonyl (C=O) groups excluding carboxylic acids is 1. The molecule has 1 heterocycles. The number of nitrogens with zero attached hydrogens (tertiary/aromatic N) is 2. The fraction of sp³-hybridized carbons (Fsp3) is 0.567. The highest BCUT2D eigenvalue weighted by Crippen LogP contribution is 2.38. The third-order valence-corrected chi connectivity index (χ3v) is 9.51. The minimum absolute atomic E-state index is 0.0987. The third-order valence-electron chi connectivity index (χ3n) is 7.35. The highest BCUT2D eigenvalue weighted by molar-refractivity contribution is 7.91. The Morgan fingerprint density at radius 1 is 1.23 bits per heavy atom. The van der Waals surface area contributed by atoms with Gasteiger partial charge in [0.25, 0.3) is 0 Å². The van der Waals surface area contributed by atoms with Crippen LogP contribution < -0.4 is 5.32 Å². The highest BCUT2D eigenvalue weighted by atomic mass is 35.5. The van der Waals surface area contributed by atoms with Crippen LogP contribution in [-0.2, 0) is 33.8 Å². The van der Waals surface area contributed by atoms with E-state index in [4.69, 9.17) is 16.3 Å². The largest absolute Gasteiger partial charge is 0.444 e. The van der Waals surface area contributed by atoms with Crippen LogP contribution in [0.3, 0.4) is 0 Å². The minimum atomic E-state index is -4.75. The average molecular weight is 648 g/mol. The summed E-state index contributed by atoms with van der Waals surface area (Å²) in [4.78, 5) is 16.0. The summed E-state index contributed by atoms with van der Waals surface area (Å²) in [5, 5.41) is 13.4. The van der Waals surface area contributed by atoms with E-state index >= 15 is 0 Å². The predicted octanol–water partition coefficient (Wildman–Crippen LogP) is 6.07. The van der Waals surface area contributed by atoms with Crippen LogP contribution in [-0.4, -0.2) is 67.0 Å². The maximum Gasteiger partial charge on any atom is 0.416 e. The average Bonchev–Trinajstić information content (AvgIpc) is 2.90. The molecule has 8 nitrogen and oxygen atoms in total. The number of rotatable bonds is 9. The van der Waals surface area contributed by atoms with E-state index in [-0.39, 0.29) is 45.9 Å². The first kappa shape index (κ1) is 35.1. The van der Waals surface area contributed by atoms with Gasteiger partial charge in [-0.1, -0.05) is 36.2 Å². The van der Waals surface area contributed by atoms with Crippen LogP contribution in [0.4, 0.5) is 18.0 Å². The molecule has 1 aliphatic heterocycles. The molecule has 13 heteroatoms. The van der Waals surface area contributed by atoms with Gasteiger partial charge in [0.2, 0.25) is 0 Å². The van der Waals surface area contributed by atoms with Crippen LogP contribution in [0.15, 0.2) is 35.2 Å². The summed E-state index contributed by atoms with van der Waals surface area (Å²) in [6.07, 6.45) is -5.44. The number of alkyl halides is 3. The van der Waals surface area contributed by atoms with Gasteiger partial charge in [0.05, 0.1) is 16.2 Å². The zero-order valence-corrected chi connectivity index (χ0v) is 27.0. The smallest absolute Gasteiger partial charge is 0.416 e. The predicted molar refractivity (Wildman–Crippen MR) is 159 cm³/mol. The number of halogens is 4. The molecule has 0 bridgehead atoms. The number of likely N-dealkylation sites (N-methyl/N-ethyl adjacent to an activating group) is 1. The number of likely N-dealkylation sites (tertiary alicyclic amines) is 1. The second kappa shape index (κ2) is 13.7. The molecule has 0 spiro atoms. The number of aryl methyl sites for hydroxylation is 1. The molecule has 2 N–H and O–H groups in total. The first-order chi connectivity index (χ1) is 19.8. The minimum Gasteiger partial charge on any atom is -0.444 e. The Bertz CT molecular complexity index is 1410. The van der Waals surface area contributed by atoms with Crippen molar-refractivity contribution in [3.63, 3.8) is 0 Å². The van der Waals surface area contributed by atoms with Gasteiger partial charge >= 0.3 is 12.3 Å². The van der Waals surface area contributed by atoms with Crippen LogP contribution in [0, 0.1) is 6.92 Å². The molecule has 1 aliphatic rings. The molecule has 3 rings (SSSR count). The zero-order chi connectivity index (χ0) is 32.3. The number of ether oxygens (including phenoxy) is 1. The Kier molecular flexibility index (Phi) is 11.2. The highest BCUT2D eigenvalue weighted by Gasteiger charge is 2.37. The van der Waals surface area contributed by atoms with Crippen LogP contribution in [0.2, 0.25) is 5.02 Å². The van der Waals surface area contributed by atoms with Crippen LogP contribution in [0.5, 0.6) is 0 Å². The quantitative estimate of drug-likeness (QED) is 0.319. The molecule has 2 aromatic carbocycles. The standard InChI is InChI=1S/C30H41ClF3N3O5S/c1-7-43(40,41)26-11-10-19(2)13-21(26)16-35-27(38)20-14-24(30(32,33)34)23(25(31)15-20)18-37-12-8-9-22(17-37)36(6)28(39)42-29(3,4)5/h10-11,13-15,22,27,35,38H,7-9,12,16-18H2,1-6H3/t22-,27?/m0/s1. The molecule has 1 amide bonds. The molecule has 1 unspecified atom stereocenters. The molecule has 0 aliphatic carbocycles. The number of piperidine rings is 1. The number of sulfone groups is 1. The Morgan fingerprint density at radius 3 is 2.51 bits per heavy atom. The summed E-state index contributed by atoms with van der Waals surface area (Å²) in [5.41, 5.74) is -0.675. The molecule has 240 valence electrons. The molecular weight excluding hydrogens is 607 g/mol. The number of benzene rings is 2. The van der Waals surface area contributed by atoms with E-state index in [1.54, 1.807) is 46.9 Å². The number of carbonyl (C=O) groups is 1. The third kappa shape index (κ3) is 9.31. The van der Waals surface area contributed by atoms with Gasteiger partial charge in [0, 0.05) is 37.7 Å². The summed E-state index contributed by atoms with van der Waals surface area (Å²) >= 11 is 6.44. The van der Waals surface area contributed by atoms with Gasteiger partial charge in [0.1, 0.15) is 11.8 Å².